The predicted molar refractivity (Wildman–Crippen MR) is 45.1 cm³/mol. The van der Waals surface area contributed by atoms with Gasteiger partial charge in [-0.05, 0) is 10.4 Å². The molecule has 0 amide bonds. The average Bonchev–Trinajstić information content (AvgIpc) is 2.47. The van der Waals surface area contributed by atoms with Crippen LogP contribution in [0.4, 0.5) is 0 Å². The lowest BCUT2D eigenvalue weighted by Crippen LogP contribution is -2.32. The number of tetrazole rings is 1. The van der Waals surface area contributed by atoms with Crippen molar-refractivity contribution in [2.24, 2.45) is 12.8 Å². The molecule has 0 aromatic carbocycles. The van der Waals surface area contributed by atoms with E-state index in [9.17, 15) is 4.79 Å². The van der Waals surface area contributed by atoms with E-state index in [2.05, 4.69) is 15.5 Å². The van der Waals surface area contributed by atoms with Gasteiger partial charge in [-0.1, -0.05) is 11.8 Å². The van der Waals surface area contributed by atoms with Gasteiger partial charge in [-0.3, -0.25) is 4.79 Å². The molecule has 13 heavy (non-hydrogen) atoms. The molecule has 0 aliphatic rings. The second-order valence-corrected chi connectivity index (χ2v) is 3.33. The minimum absolute atomic E-state index is 0.254. The van der Waals surface area contributed by atoms with Gasteiger partial charge in [-0.2, -0.15) is 0 Å². The van der Waals surface area contributed by atoms with Crippen LogP contribution in [0.3, 0.4) is 0 Å². The van der Waals surface area contributed by atoms with Crippen LogP contribution in [0, 0.1) is 0 Å². The molecule has 8 heteroatoms. The first kappa shape index (κ1) is 9.93. The fourth-order valence-electron chi connectivity index (χ4n) is 0.579. The third kappa shape index (κ3) is 2.67. The Bertz CT molecular complexity index is 301. The highest BCUT2D eigenvalue weighted by Gasteiger charge is 2.13. The zero-order valence-electron chi connectivity index (χ0n) is 6.91. The zero-order chi connectivity index (χ0) is 9.84. The summed E-state index contributed by atoms with van der Waals surface area (Å²) in [6.07, 6.45) is 0. The van der Waals surface area contributed by atoms with E-state index in [1.165, 1.54) is 16.4 Å². The molecule has 0 bridgehead atoms. The number of nitrogens with two attached hydrogens (primary N) is 1. The van der Waals surface area contributed by atoms with Crippen molar-refractivity contribution in [3.63, 3.8) is 0 Å². The zero-order valence-corrected chi connectivity index (χ0v) is 7.73. The standard InChI is InChI=1S/C5H9N5O2S/c1-10-5(7-8-9-10)13-2-3(6)4(11)12/h3H,2,6H2,1H3,(H,11,12). The highest BCUT2D eigenvalue weighted by atomic mass is 32.2. The van der Waals surface area contributed by atoms with E-state index in [0.717, 1.165) is 0 Å². The summed E-state index contributed by atoms with van der Waals surface area (Å²) in [6, 6.07) is -0.887. The Hall–Kier alpha value is -1.15. The van der Waals surface area contributed by atoms with E-state index in [1.807, 2.05) is 0 Å². The first-order valence-electron chi connectivity index (χ1n) is 3.45. The molecule has 0 saturated carbocycles. The lowest BCUT2D eigenvalue weighted by molar-refractivity contribution is -0.137. The monoisotopic (exact) mass is 203 g/mol. The fraction of sp³-hybridized carbons (Fsp3) is 0.600. The lowest BCUT2D eigenvalue weighted by atomic mass is 10.4. The van der Waals surface area contributed by atoms with Gasteiger partial charge in [0.1, 0.15) is 6.04 Å². The molecule has 0 radical (unpaired) electrons. The van der Waals surface area contributed by atoms with Crippen molar-refractivity contribution < 1.29 is 9.90 Å². The van der Waals surface area contributed by atoms with Crippen LogP contribution in [0.5, 0.6) is 0 Å². The largest absolute Gasteiger partial charge is 0.480 e. The number of thioether (sulfide) groups is 1. The maximum Gasteiger partial charge on any atom is 0.321 e. The third-order valence-electron chi connectivity index (χ3n) is 1.29. The average molecular weight is 203 g/mol. The summed E-state index contributed by atoms with van der Waals surface area (Å²) in [5.74, 6) is -0.772. The smallest absolute Gasteiger partial charge is 0.321 e. The number of carbonyl (C=O) groups is 1. The number of hydrogen-bond acceptors (Lipinski definition) is 6. The maximum atomic E-state index is 10.3. The first-order valence-corrected chi connectivity index (χ1v) is 4.43. The molecule has 0 aliphatic carbocycles. The van der Waals surface area contributed by atoms with Crippen molar-refractivity contribution in [1.29, 1.82) is 0 Å². The Labute approximate surface area is 78.3 Å². The topological polar surface area (TPSA) is 107 Å². The van der Waals surface area contributed by atoms with Crippen molar-refractivity contribution in [2.45, 2.75) is 11.2 Å². The van der Waals surface area contributed by atoms with Gasteiger partial charge in [0, 0.05) is 12.8 Å². The van der Waals surface area contributed by atoms with Crippen LogP contribution in [0.1, 0.15) is 0 Å². The Morgan fingerprint density at radius 3 is 3.00 bits per heavy atom. The van der Waals surface area contributed by atoms with Gasteiger partial charge in [0.15, 0.2) is 0 Å². The summed E-state index contributed by atoms with van der Waals surface area (Å²) < 4.78 is 1.46. The van der Waals surface area contributed by atoms with Gasteiger partial charge in [-0.25, -0.2) is 4.68 Å². The molecule has 7 nitrogen and oxygen atoms in total. The molecule has 0 saturated heterocycles. The first-order chi connectivity index (χ1) is 6.11. The molecule has 1 unspecified atom stereocenters. The summed E-state index contributed by atoms with van der Waals surface area (Å²) >= 11 is 1.21. The van der Waals surface area contributed by atoms with Crippen LogP contribution in [0.15, 0.2) is 5.16 Å². The van der Waals surface area contributed by atoms with E-state index in [4.69, 9.17) is 10.8 Å². The van der Waals surface area contributed by atoms with E-state index < -0.39 is 12.0 Å². The molecule has 1 aromatic rings. The normalized spacial score (nSPS) is 12.8. The molecule has 0 aliphatic heterocycles. The Kier molecular flexibility index (Phi) is 3.20. The number of nitrogens with zero attached hydrogens (tertiary/aromatic N) is 4. The highest BCUT2D eigenvalue weighted by Crippen LogP contribution is 2.12. The quantitative estimate of drug-likeness (QED) is 0.586. The molecule has 3 N–H and O–H groups in total. The molecule has 1 atom stereocenters. The van der Waals surface area contributed by atoms with Crippen LogP contribution in [0.2, 0.25) is 0 Å². The Morgan fingerprint density at radius 1 is 1.85 bits per heavy atom. The number of carboxylic acid groups (broad SMARTS) is 1. The van der Waals surface area contributed by atoms with Crippen molar-refractivity contribution in [3.8, 4) is 0 Å². The number of carboxylic acids is 1. The molecular weight excluding hydrogens is 194 g/mol. The number of rotatable bonds is 4. The number of aliphatic carboxylic acids is 1. The Balaban J connectivity index is 2.44. The summed E-state index contributed by atoms with van der Waals surface area (Å²) in [5.41, 5.74) is 5.28. The van der Waals surface area contributed by atoms with Gasteiger partial charge >= 0.3 is 5.97 Å². The van der Waals surface area contributed by atoms with Crippen LogP contribution in [0.25, 0.3) is 0 Å². The van der Waals surface area contributed by atoms with Crippen LogP contribution < -0.4 is 5.73 Å². The molecule has 72 valence electrons. The SMILES string of the molecule is Cn1nnnc1SCC(N)C(=O)O. The van der Waals surface area contributed by atoms with Crippen LogP contribution >= 0.6 is 11.8 Å². The second-order valence-electron chi connectivity index (χ2n) is 2.34. The predicted octanol–water partition coefficient (Wildman–Crippen LogP) is -1.29. The summed E-state index contributed by atoms with van der Waals surface area (Å²) in [5, 5.41) is 19.7. The van der Waals surface area contributed by atoms with Crippen LogP contribution in [-0.4, -0.2) is 43.1 Å². The van der Waals surface area contributed by atoms with Crippen molar-refractivity contribution >= 4 is 17.7 Å². The minimum atomic E-state index is -1.03. The van der Waals surface area contributed by atoms with Crippen molar-refractivity contribution in [2.75, 3.05) is 5.75 Å². The summed E-state index contributed by atoms with van der Waals surface area (Å²) in [7, 11) is 1.68. The van der Waals surface area contributed by atoms with Gasteiger partial charge < -0.3 is 10.8 Å². The molecular formula is C5H9N5O2S. The van der Waals surface area contributed by atoms with Gasteiger partial charge in [-0.15, -0.1) is 5.10 Å². The van der Waals surface area contributed by atoms with Gasteiger partial charge in [0.25, 0.3) is 0 Å². The molecule has 1 heterocycles. The molecule has 1 aromatic heterocycles. The highest BCUT2D eigenvalue weighted by molar-refractivity contribution is 7.99. The van der Waals surface area contributed by atoms with E-state index in [-0.39, 0.29) is 5.75 Å². The summed E-state index contributed by atoms with van der Waals surface area (Å²) in [4.78, 5) is 10.3. The summed E-state index contributed by atoms with van der Waals surface area (Å²) in [6.45, 7) is 0. The fourth-order valence-corrected chi connectivity index (χ4v) is 1.37. The van der Waals surface area contributed by atoms with E-state index >= 15 is 0 Å². The second kappa shape index (κ2) is 4.19. The lowest BCUT2D eigenvalue weighted by Gasteiger charge is -2.03. The molecule has 0 spiro atoms. The maximum absolute atomic E-state index is 10.3. The minimum Gasteiger partial charge on any atom is -0.480 e. The number of aryl methyl sites for hydroxylation is 1. The van der Waals surface area contributed by atoms with Gasteiger partial charge in [0.05, 0.1) is 0 Å². The third-order valence-corrected chi connectivity index (χ3v) is 2.42. The molecule has 0 fully saturated rings. The molecule has 1 rings (SSSR count). The van der Waals surface area contributed by atoms with Crippen LogP contribution in [-0.2, 0) is 11.8 Å². The van der Waals surface area contributed by atoms with Crippen molar-refractivity contribution in [3.05, 3.63) is 0 Å². The van der Waals surface area contributed by atoms with Crippen molar-refractivity contribution in [1.82, 2.24) is 20.2 Å². The van der Waals surface area contributed by atoms with Gasteiger partial charge in [0.2, 0.25) is 5.16 Å². The Morgan fingerprint density at radius 2 is 2.54 bits per heavy atom. The number of aromatic nitrogens is 4. The number of hydrogen-bond donors (Lipinski definition) is 2. The van der Waals surface area contributed by atoms with E-state index in [0.29, 0.717) is 5.16 Å². The van der Waals surface area contributed by atoms with E-state index in [1.54, 1.807) is 7.05 Å².